The molecule has 0 saturated heterocycles. The van der Waals surface area contributed by atoms with Crippen molar-refractivity contribution in [2.24, 2.45) is 11.8 Å². The van der Waals surface area contributed by atoms with Gasteiger partial charge in [0.1, 0.15) is 19.3 Å². The summed E-state index contributed by atoms with van der Waals surface area (Å²) < 4.78 is 10.3. The van der Waals surface area contributed by atoms with Crippen molar-refractivity contribution in [3.8, 4) is 0 Å². The van der Waals surface area contributed by atoms with E-state index in [9.17, 15) is 14.7 Å². The van der Waals surface area contributed by atoms with E-state index >= 15 is 0 Å². The van der Waals surface area contributed by atoms with E-state index in [1.807, 2.05) is 0 Å². The third kappa shape index (κ3) is 33.7. The molecule has 0 radical (unpaired) electrons. The zero-order valence-electron chi connectivity index (χ0n) is 30.9. The molecule has 46 heavy (non-hydrogen) atoms. The van der Waals surface area contributed by atoms with Crippen LogP contribution in [-0.4, -0.2) is 36.4 Å². The molecule has 0 aliphatic carbocycles. The van der Waals surface area contributed by atoms with Crippen molar-refractivity contribution in [2.45, 2.75) is 201 Å². The minimum atomic E-state index is -0.967. The van der Waals surface area contributed by atoms with E-state index in [0.717, 1.165) is 63.2 Å². The van der Waals surface area contributed by atoms with Gasteiger partial charge in [-0.2, -0.15) is 0 Å². The number of allylic oxidation sites excluding steroid dienone is 4. The summed E-state index contributed by atoms with van der Waals surface area (Å²) in [5.74, 6) is 1.16. The van der Waals surface area contributed by atoms with Crippen LogP contribution in [0.15, 0.2) is 24.3 Å². The van der Waals surface area contributed by atoms with E-state index in [4.69, 9.17) is 9.47 Å². The minimum absolute atomic E-state index is 0.118. The average molecular weight is 649 g/mol. The van der Waals surface area contributed by atoms with Gasteiger partial charge in [0.2, 0.25) is 0 Å². The standard InChI is InChI=1S/C41H76O5/c1-5-7-8-9-10-11-12-13-14-15-16-20-23-26-29-32-40(43)45-35-39(42)36-46-41(44)33-30-27-24-21-18-17-19-22-25-28-31-38(4)34-37(3)6-2/h10-11,13-14,37-39,42H,5-9,12,15-36H2,1-4H3. The number of carbonyl (C=O) groups excluding carboxylic acids is 2. The maximum absolute atomic E-state index is 12.0. The first-order valence-electron chi connectivity index (χ1n) is 19.7. The first-order chi connectivity index (χ1) is 22.4. The highest BCUT2D eigenvalue weighted by Crippen LogP contribution is 2.21. The highest BCUT2D eigenvalue weighted by molar-refractivity contribution is 5.69. The summed E-state index contributed by atoms with van der Waals surface area (Å²) in [6, 6.07) is 0. The Labute approximate surface area is 285 Å². The highest BCUT2D eigenvalue weighted by Gasteiger charge is 2.12. The van der Waals surface area contributed by atoms with Crippen molar-refractivity contribution in [2.75, 3.05) is 13.2 Å². The van der Waals surface area contributed by atoms with Gasteiger partial charge in [0.15, 0.2) is 0 Å². The van der Waals surface area contributed by atoms with Gasteiger partial charge in [-0.05, 0) is 63.2 Å². The van der Waals surface area contributed by atoms with Crippen LogP contribution in [0.5, 0.6) is 0 Å². The lowest BCUT2D eigenvalue weighted by atomic mass is 9.91. The number of hydrogen-bond donors (Lipinski definition) is 1. The van der Waals surface area contributed by atoms with Gasteiger partial charge >= 0.3 is 11.9 Å². The fraction of sp³-hybridized carbons (Fsp3) is 0.854. The molecule has 0 aliphatic heterocycles. The predicted molar refractivity (Wildman–Crippen MR) is 196 cm³/mol. The van der Waals surface area contributed by atoms with E-state index in [0.29, 0.717) is 12.8 Å². The number of ether oxygens (including phenoxy) is 2. The van der Waals surface area contributed by atoms with Crippen LogP contribution in [0.25, 0.3) is 0 Å². The third-order valence-corrected chi connectivity index (χ3v) is 9.03. The summed E-state index contributed by atoms with van der Waals surface area (Å²) in [6.45, 7) is 9.07. The molecule has 5 nitrogen and oxygen atoms in total. The molecule has 0 bridgehead atoms. The maximum Gasteiger partial charge on any atom is 0.305 e. The Kier molecular flexibility index (Phi) is 33.5. The zero-order chi connectivity index (χ0) is 33.9. The maximum atomic E-state index is 12.0. The van der Waals surface area contributed by atoms with Gasteiger partial charge in [0.05, 0.1) is 0 Å². The highest BCUT2D eigenvalue weighted by atomic mass is 16.6. The molecule has 0 amide bonds. The second-order valence-electron chi connectivity index (χ2n) is 13.9. The molecule has 0 aliphatic rings. The van der Waals surface area contributed by atoms with Crippen LogP contribution in [0, 0.1) is 11.8 Å². The molecule has 3 unspecified atom stereocenters. The summed E-state index contributed by atoms with van der Waals surface area (Å²) in [5.41, 5.74) is 0. The SMILES string of the molecule is CCCCCC=CCC=CCCCCCCCC(=O)OCC(O)COC(=O)CCCCCCCCCCCCC(C)CC(C)CC. The van der Waals surface area contributed by atoms with Gasteiger partial charge in [-0.3, -0.25) is 9.59 Å². The van der Waals surface area contributed by atoms with Crippen LogP contribution in [-0.2, 0) is 19.1 Å². The van der Waals surface area contributed by atoms with Crippen molar-refractivity contribution in [3.05, 3.63) is 24.3 Å². The van der Waals surface area contributed by atoms with E-state index in [1.165, 1.54) is 103 Å². The molecule has 0 rings (SSSR count). The Morgan fingerprint density at radius 1 is 0.565 bits per heavy atom. The number of unbranched alkanes of at least 4 members (excludes halogenated alkanes) is 17. The lowest BCUT2D eigenvalue weighted by Crippen LogP contribution is -2.25. The normalized spacial score (nSPS) is 13.8. The summed E-state index contributed by atoms with van der Waals surface area (Å²) in [4.78, 5) is 23.9. The smallest absolute Gasteiger partial charge is 0.305 e. The predicted octanol–water partition coefficient (Wildman–Crippen LogP) is 12.0. The number of aliphatic hydroxyl groups is 1. The summed E-state index contributed by atoms with van der Waals surface area (Å²) in [6.07, 6.45) is 37.8. The van der Waals surface area contributed by atoms with Crippen LogP contribution >= 0.6 is 0 Å². The number of hydrogen-bond acceptors (Lipinski definition) is 5. The molecular weight excluding hydrogens is 572 g/mol. The molecule has 1 N–H and O–H groups in total. The van der Waals surface area contributed by atoms with Crippen LogP contribution in [0.4, 0.5) is 0 Å². The van der Waals surface area contributed by atoms with Gasteiger partial charge < -0.3 is 14.6 Å². The molecule has 0 aromatic rings. The molecular formula is C41H76O5. The average Bonchev–Trinajstić information content (AvgIpc) is 3.04. The van der Waals surface area contributed by atoms with E-state index in [1.54, 1.807) is 0 Å². The van der Waals surface area contributed by atoms with Gasteiger partial charge in [0, 0.05) is 12.8 Å². The topological polar surface area (TPSA) is 72.8 Å². The van der Waals surface area contributed by atoms with Crippen molar-refractivity contribution in [3.63, 3.8) is 0 Å². The van der Waals surface area contributed by atoms with Crippen molar-refractivity contribution in [1.29, 1.82) is 0 Å². The minimum Gasteiger partial charge on any atom is -0.463 e. The van der Waals surface area contributed by atoms with Crippen molar-refractivity contribution in [1.82, 2.24) is 0 Å². The molecule has 5 heteroatoms. The Bertz CT molecular complexity index is 730. The van der Waals surface area contributed by atoms with Gasteiger partial charge in [0.25, 0.3) is 0 Å². The second-order valence-corrected chi connectivity index (χ2v) is 13.9. The van der Waals surface area contributed by atoms with Crippen molar-refractivity contribution >= 4 is 11.9 Å². The van der Waals surface area contributed by atoms with Crippen LogP contribution in [0.2, 0.25) is 0 Å². The number of carbonyl (C=O) groups is 2. The van der Waals surface area contributed by atoms with Gasteiger partial charge in [-0.15, -0.1) is 0 Å². The fourth-order valence-corrected chi connectivity index (χ4v) is 5.80. The summed E-state index contributed by atoms with van der Waals surface area (Å²) in [7, 11) is 0. The Balaban J connectivity index is 3.48. The van der Waals surface area contributed by atoms with Gasteiger partial charge in [-0.1, -0.05) is 155 Å². The third-order valence-electron chi connectivity index (χ3n) is 9.03. The first kappa shape index (κ1) is 44.4. The lowest BCUT2D eigenvalue weighted by Gasteiger charge is -2.15. The molecule has 0 fully saturated rings. The van der Waals surface area contributed by atoms with E-state index < -0.39 is 6.10 Å². The monoisotopic (exact) mass is 649 g/mol. The zero-order valence-corrected chi connectivity index (χ0v) is 30.9. The molecule has 0 aromatic carbocycles. The van der Waals surface area contributed by atoms with Crippen LogP contribution < -0.4 is 0 Å². The largest absolute Gasteiger partial charge is 0.463 e. The Morgan fingerprint density at radius 2 is 1.00 bits per heavy atom. The lowest BCUT2D eigenvalue weighted by molar-refractivity contribution is -0.152. The van der Waals surface area contributed by atoms with Gasteiger partial charge in [-0.25, -0.2) is 0 Å². The summed E-state index contributed by atoms with van der Waals surface area (Å²) in [5, 5.41) is 10.0. The Morgan fingerprint density at radius 3 is 1.48 bits per heavy atom. The second kappa shape index (κ2) is 34.7. The number of aliphatic hydroxyl groups excluding tert-OH is 1. The molecule has 0 heterocycles. The molecule has 0 spiro atoms. The van der Waals surface area contributed by atoms with Crippen LogP contribution in [0.1, 0.15) is 195 Å². The Hall–Kier alpha value is -1.62. The molecule has 270 valence electrons. The molecule has 0 saturated carbocycles. The van der Waals surface area contributed by atoms with E-state index in [-0.39, 0.29) is 25.2 Å². The quantitative estimate of drug-likeness (QED) is 0.0427. The molecule has 0 aromatic heterocycles. The van der Waals surface area contributed by atoms with Crippen molar-refractivity contribution < 1.29 is 24.2 Å². The number of rotatable bonds is 34. The molecule has 3 atom stereocenters. The number of esters is 2. The van der Waals surface area contributed by atoms with E-state index in [2.05, 4.69) is 52.0 Å². The summed E-state index contributed by atoms with van der Waals surface area (Å²) >= 11 is 0. The first-order valence-corrected chi connectivity index (χ1v) is 19.7. The fourth-order valence-electron chi connectivity index (χ4n) is 5.80. The van der Waals surface area contributed by atoms with Crippen LogP contribution in [0.3, 0.4) is 0 Å².